The minimum atomic E-state index is -0.789. The molecule has 3 aromatic rings. The molecule has 0 atom stereocenters. The molecule has 1 aromatic heterocycles. The van der Waals surface area contributed by atoms with E-state index in [1.54, 1.807) is 30.3 Å². The number of benzene rings is 2. The number of carbonyl (C=O) groups is 2. The molecule has 0 aliphatic heterocycles. The van der Waals surface area contributed by atoms with E-state index in [9.17, 15) is 14.4 Å². The van der Waals surface area contributed by atoms with E-state index in [0.29, 0.717) is 42.7 Å². The van der Waals surface area contributed by atoms with Gasteiger partial charge in [-0.25, -0.2) is 9.59 Å². The molecule has 3 rings (SSSR count). The van der Waals surface area contributed by atoms with E-state index in [4.69, 9.17) is 13.9 Å². The van der Waals surface area contributed by atoms with Crippen LogP contribution in [0.3, 0.4) is 0 Å². The molecule has 0 unspecified atom stereocenters. The summed E-state index contributed by atoms with van der Waals surface area (Å²) in [4.78, 5) is 35.1. The van der Waals surface area contributed by atoms with Gasteiger partial charge in [0.2, 0.25) is 6.41 Å². The molecule has 0 aliphatic rings. The Morgan fingerprint density at radius 2 is 1.77 bits per heavy atom. The van der Waals surface area contributed by atoms with Gasteiger partial charge in [0, 0.05) is 11.9 Å². The van der Waals surface area contributed by atoms with E-state index in [0.717, 1.165) is 11.1 Å². The maximum atomic E-state index is 12.6. The van der Waals surface area contributed by atoms with Gasteiger partial charge >= 0.3 is 11.6 Å². The van der Waals surface area contributed by atoms with Crippen LogP contribution < -0.4 is 15.7 Å². The third-order valence-corrected chi connectivity index (χ3v) is 4.46. The number of hydrogen-bond donors (Lipinski definition) is 1. The van der Waals surface area contributed by atoms with Crippen LogP contribution in [0.1, 0.15) is 42.3 Å². The smallest absolute Gasteiger partial charge is 0.351 e. The van der Waals surface area contributed by atoms with Gasteiger partial charge < -0.3 is 19.2 Å². The molecule has 0 aliphatic carbocycles. The number of ether oxygens (including phenoxy) is 2. The molecule has 2 aromatic carbocycles. The molecule has 0 saturated carbocycles. The normalized spacial score (nSPS) is 11.3. The second-order valence-corrected chi connectivity index (χ2v) is 8.08. The third kappa shape index (κ3) is 6.26. The summed E-state index contributed by atoms with van der Waals surface area (Å²) in [6, 6.07) is 13.7. The van der Waals surface area contributed by atoms with E-state index in [2.05, 4.69) is 5.32 Å². The zero-order valence-corrected chi connectivity index (χ0v) is 17.8. The lowest BCUT2D eigenvalue weighted by Crippen LogP contribution is -2.19. The van der Waals surface area contributed by atoms with E-state index < -0.39 is 11.6 Å². The highest BCUT2D eigenvalue weighted by atomic mass is 16.5. The average molecular weight is 423 g/mol. The molecule has 1 amide bonds. The van der Waals surface area contributed by atoms with Crippen LogP contribution >= 0.6 is 0 Å². The van der Waals surface area contributed by atoms with Crippen molar-refractivity contribution in [1.82, 2.24) is 5.32 Å². The van der Waals surface area contributed by atoms with Gasteiger partial charge in [0.1, 0.15) is 16.9 Å². The van der Waals surface area contributed by atoms with Crippen molar-refractivity contribution >= 4 is 23.3 Å². The fraction of sp³-hybridized carbons (Fsp3) is 0.292. The zero-order chi connectivity index (χ0) is 22.4. The number of fused-ring (bicyclic) bond motifs is 1. The minimum absolute atomic E-state index is 0.180. The second-order valence-electron chi connectivity index (χ2n) is 8.08. The lowest BCUT2D eigenvalue weighted by Gasteiger charge is -2.19. The fourth-order valence-electron chi connectivity index (χ4n) is 2.87. The second kappa shape index (κ2) is 9.57. The summed E-state index contributed by atoms with van der Waals surface area (Å²) in [7, 11) is 0. The lowest BCUT2D eigenvalue weighted by atomic mass is 10.1. The highest BCUT2D eigenvalue weighted by Crippen LogP contribution is 2.20. The molecule has 31 heavy (non-hydrogen) atoms. The van der Waals surface area contributed by atoms with E-state index in [-0.39, 0.29) is 11.2 Å². The molecular weight excluding hydrogens is 398 g/mol. The number of nitrogens with one attached hydrogen (secondary N) is 1. The first-order valence-corrected chi connectivity index (χ1v) is 9.94. The van der Waals surface area contributed by atoms with Gasteiger partial charge in [0.25, 0.3) is 0 Å². The quantitative estimate of drug-likeness (QED) is 0.196. The number of carbonyl (C=O) groups excluding carboxylic acids is 2. The monoisotopic (exact) mass is 423 g/mol. The molecule has 1 heterocycles. The summed E-state index contributed by atoms with van der Waals surface area (Å²) < 4.78 is 16.4. The molecule has 162 valence electrons. The van der Waals surface area contributed by atoms with Crippen LogP contribution in [-0.2, 0) is 22.6 Å². The number of hydrogen-bond acceptors (Lipinski definition) is 6. The summed E-state index contributed by atoms with van der Waals surface area (Å²) in [5, 5.41) is 3.20. The summed E-state index contributed by atoms with van der Waals surface area (Å²) in [6.45, 7) is 6.82. The number of amides is 1. The van der Waals surface area contributed by atoms with Gasteiger partial charge in [-0.2, -0.15) is 0 Å². The van der Waals surface area contributed by atoms with Gasteiger partial charge in [-0.15, -0.1) is 0 Å². The Bertz CT molecular complexity index is 1130. The molecule has 0 saturated heterocycles. The summed E-state index contributed by atoms with van der Waals surface area (Å²) >= 11 is 0. The van der Waals surface area contributed by atoms with Crippen molar-refractivity contribution in [3.05, 3.63) is 75.6 Å². The predicted octanol–water partition coefficient (Wildman–Crippen LogP) is 3.62. The van der Waals surface area contributed by atoms with E-state index in [1.807, 2.05) is 32.9 Å². The van der Waals surface area contributed by atoms with Crippen LogP contribution in [-0.4, -0.2) is 24.5 Å². The first-order valence-electron chi connectivity index (χ1n) is 9.94. The SMILES string of the molecule is CC(C)(C)OCc1ccc2oc(=O)c(C(=O)Oc3ccc(CCNC=O)cc3)cc2c1. The highest BCUT2D eigenvalue weighted by Gasteiger charge is 2.17. The molecule has 0 fully saturated rings. The van der Waals surface area contributed by atoms with Gasteiger partial charge in [-0.1, -0.05) is 18.2 Å². The van der Waals surface area contributed by atoms with Crippen LogP contribution in [0.4, 0.5) is 0 Å². The van der Waals surface area contributed by atoms with Crippen molar-refractivity contribution in [2.24, 2.45) is 0 Å². The van der Waals surface area contributed by atoms with Crippen molar-refractivity contribution in [2.75, 3.05) is 6.54 Å². The van der Waals surface area contributed by atoms with Crippen LogP contribution in [0.25, 0.3) is 11.0 Å². The van der Waals surface area contributed by atoms with E-state index >= 15 is 0 Å². The first kappa shape index (κ1) is 22.2. The summed E-state index contributed by atoms with van der Waals surface area (Å²) in [5.74, 6) is -0.480. The Morgan fingerprint density at radius 3 is 2.45 bits per heavy atom. The average Bonchev–Trinajstić information content (AvgIpc) is 2.72. The fourth-order valence-corrected chi connectivity index (χ4v) is 2.87. The molecule has 0 bridgehead atoms. The molecule has 0 radical (unpaired) electrons. The zero-order valence-electron chi connectivity index (χ0n) is 17.8. The largest absolute Gasteiger partial charge is 0.423 e. The van der Waals surface area contributed by atoms with Crippen LogP contribution in [0, 0.1) is 0 Å². The first-order chi connectivity index (χ1) is 14.7. The topological polar surface area (TPSA) is 94.8 Å². The Labute approximate surface area is 180 Å². The molecule has 0 spiro atoms. The molecule has 1 N–H and O–H groups in total. The standard InChI is InChI=1S/C24H25NO6/c1-24(2,3)29-14-17-6-9-21-18(12-17)13-20(23(28)31-21)22(27)30-19-7-4-16(5-8-19)10-11-25-15-26/h4-9,12-13,15H,10-11,14H2,1-3H3,(H,25,26). The molecule has 7 heteroatoms. The predicted molar refractivity (Wildman–Crippen MR) is 116 cm³/mol. The Hall–Kier alpha value is -3.45. The Morgan fingerprint density at radius 1 is 1.06 bits per heavy atom. The number of esters is 1. The number of rotatable bonds is 8. The highest BCUT2D eigenvalue weighted by molar-refractivity contribution is 5.94. The van der Waals surface area contributed by atoms with Crippen LogP contribution in [0.15, 0.2) is 57.7 Å². The summed E-state index contributed by atoms with van der Waals surface area (Å²) in [5.41, 5.74) is 1.04. The summed E-state index contributed by atoms with van der Waals surface area (Å²) in [6.07, 6.45) is 1.30. The van der Waals surface area contributed by atoms with Crippen LogP contribution in [0.2, 0.25) is 0 Å². The van der Waals surface area contributed by atoms with Crippen LogP contribution in [0.5, 0.6) is 5.75 Å². The van der Waals surface area contributed by atoms with Crippen molar-refractivity contribution < 1.29 is 23.5 Å². The van der Waals surface area contributed by atoms with Crippen molar-refractivity contribution in [3.8, 4) is 5.75 Å². The van der Waals surface area contributed by atoms with Crippen molar-refractivity contribution in [2.45, 2.75) is 39.4 Å². The van der Waals surface area contributed by atoms with Crippen molar-refractivity contribution in [3.63, 3.8) is 0 Å². The van der Waals surface area contributed by atoms with Gasteiger partial charge in [0.15, 0.2) is 0 Å². The van der Waals surface area contributed by atoms with Crippen molar-refractivity contribution in [1.29, 1.82) is 0 Å². The van der Waals surface area contributed by atoms with Gasteiger partial charge in [-0.3, -0.25) is 4.79 Å². The Balaban J connectivity index is 1.76. The third-order valence-electron chi connectivity index (χ3n) is 4.46. The minimum Gasteiger partial charge on any atom is -0.423 e. The van der Waals surface area contributed by atoms with E-state index in [1.165, 1.54) is 6.07 Å². The molecule has 7 nitrogen and oxygen atoms in total. The van der Waals surface area contributed by atoms with Gasteiger partial charge in [-0.05, 0) is 68.7 Å². The molecular formula is C24H25NO6. The maximum Gasteiger partial charge on any atom is 0.351 e. The van der Waals surface area contributed by atoms with Gasteiger partial charge in [0.05, 0.1) is 12.2 Å². The Kier molecular flexibility index (Phi) is 6.87. The lowest BCUT2D eigenvalue weighted by molar-refractivity contribution is -0.109. The maximum absolute atomic E-state index is 12.6.